The molecule has 5 aromatic rings. The lowest BCUT2D eigenvalue weighted by Gasteiger charge is -2.14. The van der Waals surface area contributed by atoms with Gasteiger partial charge in [0.15, 0.2) is 0 Å². The Morgan fingerprint density at radius 1 is 0.593 bits per heavy atom. The normalized spacial score (nSPS) is 11.1. The fraction of sp³-hybridized carbons (Fsp3) is 0.0400. The number of hydrogen-bond donors (Lipinski definition) is 0. The van der Waals surface area contributed by atoms with Crippen molar-refractivity contribution < 1.29 is 0 Å². The molecule has 0 aliphatic carbocycles. The smallest absolute Gasteiger partial charge is 0.126 e. The van der Waals surface area contributed by atoms with Crippen LogP contribution in [0.5, 0.6) is 0 Å². The zero-order valence-corrected chi connectivity index (χ0v) is 15.1. The number of benzene rings is 4. The minimum absolute atomic E-state index is 0.788. The van der Waals surface area contributed by atoms with Gasteiger partial charge in [-0.1, -0.05) is 84.9 Å². The number of aromatic nitrogens is 2. The fourth-order valence-corrected chi connectivity index (χ4v) is 3.77. The molecule has 0 unspecified atom stereocenters. The summed E-state index contributed by atoms with van der Waals surface area (Å²) in [5, 5.41) is 3.51. The zero-order chi connectivity index (χ0) is 18.2. The molecule has 0 saturated heterocycles. The van der Waals surface area contributed by atoms with Gasteiger partial charge in [-0.25, -0.2) is 9.97 Å². The summed E-state index contributed by atoms with van der Waals surface area (Å²) in [6, 6.07) is 31.7. The van der Waals surface area contributed by atoms with Gasteiger partial charge >= 0.3 is 0 Å². The van der Waals surface area contributed by atoms with Gasteiger partial charge in [-0.3, -0.25) is 0 Å². The van der Waals surface area contributed by atoms with Gasteiger partial charge in [0.2, 0.25) is 0 Å². The van der Waals surface area contributed by atoms with Crippen molar-refractivity contribution in [3.05, 3.63) is 96.8 Å². The average molecular weight is 346 g/mol. The van der Waals surface area contributed by atoms with Gasteiger partial charge in [0, 0.05) is 10.9 Å². The number of rotatable bonds is 2. The number of aryl methyl sites for hydroxylation is 1. The van der Waals surface area contributed by atoms with E-state index in [0.29, 0.717) is 0 Å². The molecule has 128 valence electrons. The molecular weight excluding hydrogens is 328 g/mol. The molecule has 5 rings (SSSR count). The van der Waals surface area contributed by atoms with E-state index in [2.05, 4.69) is 84.9 Å². The van der Waals surface area contributed by atoms with Crippen molar-refractivity contribution in [1.82, 2.24) is 9.97 Å². The van der Waals surface area contributed by atoms with E-state index in [1.165, 1.54) is 21.9 Å². The Morgan fingerprint density at radius 3 is 2.15 bits per heavy atom. The third-order valence-electron chi connectivity index (χ3n) is 4.97. The van der Waals surface area contributed by atoms with Crippen LogP contribution in [-0.4, -0.2) is 9.97 Å². The van der Waals surface area contributed by atoms with Gasteiger partial charge in [0.05, 0.1) is 11.2 Å². The van der Waals surface area contributed by atoms with Crippen LogP contribution < -0.4 is 0 Å². The minimum atomic E-state index is 0.788. The third kappa shape index (κ3) is 2.67. The van der Waals surface area contributed by atoms with Crippen LogP contribution in [0.15, 0.2) is 91.0 Å². The predicted octanol–water partition coefficient (Wildman–Crippen LogP) is 6.43. The van der Waals surface area contributed by atoms with E-state index in [1.54, 1.807) is 0 Å². The molecule has 0 amide bonds. The maximum absolute atomic E-state index is 4.90. The predicted molar refractivity (Wildman–Crippen MR) is 113 cm³/mol. The largest absolute Gasteiger partial charge is 0.233 e. The van der Waals surface area contributed by atoms with E-state index < -0.39 is 0 Å². The second-order valence-electron chi connectivity index (χ2n) is 6.71. The quantitative estimate of drug-likeness (QED) is 0.344. The first-order chi connectivity index (χ1) is 13.3. The maximum Gasteiger partial charge on any atom is 0.126 e. The van der Waals surface area contributed by atoms with E-state index in [1.807, 2.05) is 13.0 Å². The molecule has 0 radical (unpaired) electrons. The van der Waals surface area contributed by atoms with Crippen molar-refractivity contribution in [2.24, 2.45) is 0 Å². The van der Waals surface area contributed by atoms with Gasteiger partial charge < -0.3 is 0 Å². The van der Waals surface area contributed by atoms with Crippen LogP contribution in [0.2, 0.25) is 0 Å². The van der Waals surface area contributed by atoms with Crippen molar-refractivity contribution in [1.29, 1.82) is 0 Å². The summed E-state index contributed by atoms with van der Waals surface area (Å²) >= 11 is 0. The molecule has 0 spiro atoms. The van der Waals surface area contributed by atoms with Crippen LogP contribution in [0.3, 0.4) is 0 Å². The summed E-state index contributed by atoms with van der Waals surface area (Å²) in [6.07, 6.45) is 0. The Kier molecular flexibility index (Phi) is 3.68. The van der Waals surface area contributed by atoms with E-state index >= 15 is 0 Å². The van der Waals surface area contributed by atoms with E-state index in [-0.39, 0.29) is 0 Å². The summed E-state index contributed by atoms with van der Waals surface area (Å²) in [4.78, 5) is 9.60. The minimum Gasteiger partial charge on any atom is -0.233 e. The molecule has 1 heterocycles. The fourth-order valence-electron chi connectivity index (χ4n) is 3.77. The van der Waals surface area contributed by atoms with E-state index in [0.717, 1.165) is 28.0 Å². The molecular formula is C25H18N2. The monoisotopic (exact) mass is 346 g/mol. The van der Waals surface area contributed by atoms with Crippen molar-refractivity contribution >= 4 is 21.7 Å². The highest BCUT2D eigenvalue weighted by Gasteiger charge is 2.15. The molecule has 4 aromatic carbocycles. The lowest BCUT2D eigenvalue weighted by Crippen LogP contribution is -1.96. The number of hydrogen-bond acceptors (Lipinski definition) is 2. The summed E-state index contributed by atoms with van der Waals surface area (Å²) in [5.41, 5.74) is 5.49. The highest BCUT2D eigenvalue weighted by Crippen LogP contribution is 2.37. The topological polar surface area (TPSA) is 25.8 Å². The Labute approximate surface area is 158 Å². The molecule has 0 atom stereocenters. The molecule has 0 N–H and O–H groups in total. The summed E-state index contributed by atoms with van der Waals surface area (Å²) < 4.78 is 0. The number of fused-ring (bicyclic) bond motifs is 3. The molecule has 2 heteroatoms. The van der Waals surface area contributed by atoms with Gasteiger partial charge in [-0.15, -0.1) is 0 Å². The Hall–Kier alpha value is -3.52. The lowest BCUT2D eigenvalue weighted by atomic mass is 9.94. The Morgan fingerprint density at radius 2 is 1.30 bits per heavy atom. The molecule has 27 heavy (non-hydrogen) atoms. The molecule has 0 bridgehead atoms. The number of nitrogens with zero attached hydrogens (tertiary/aromatic N) is 2. The highest BCUT2D eigenvalue weighted by atomic mass is 14.9. The van der Waals surface area contributed by atoms with E-state index in [4.69, 9.17) is 9.97 Å². The van der Waals surface area contributed by atoms with Gasteiger partial charge in [0.25, 0.3) is 0 Å². The van der Waals surface area contributed by atoms with Crippen molar-refractivity contribution in [3.8, 4) is 22.4 Å². The summed E-state index contributed by atoms with van der Waals surface area (Å²) in [5.74, 6) is 0.788. The lowest BCUT2D eigenvalue weighted by molar-refractivity contribution is 1.10. The summed E-state index contributed by atoms with van der Waals surface area (Å²) in [6.45, 7) is 1.96. The second kappa shape index (κ2) is 6.33. The van der Waals surface area contributed by atoms with Crippen molar-refractivity contribution in [2.45, 2.75) is 6.92 Å². The first kappa shape index (κ1) is 15.7. The van der Waals surface area contributed by atoms with Gasteiger partial charge in [-0.05, 0) is 34.9 Å². The van der Waals surface area contributed by atoms with Crippen LogP contribution in [0.4, 0.5) is 0 Å². The van der Waals surface area contributed by atoms with E-state index in [9.17, 15) is 0 Å². The molecule has 0 saturated carbocycles. The van der Waals surface area contributed by atoms with Crippen molar-refractivity contribution in [2.75, 3.05) is 0 Å². The first-order valence-corrected chi connectivity index (χ1v) is 9.12. The molecule has 0 fully saturated rings. The van der Waals surface area contributed by atoms with Crippen LogP contribution >= 0.6 is 0 Å². The van der Waals surface area contributed by atoms with Gasteiger partial charge in [-0.2, -0.15) is 0 Å². The van der Waals surface area contributed by atoms with Crippen LogP contribution in [0.25, 0.3) is 44.1 Å². The molecule has 0 aliphatic heterocycles. The Bertz CT molecular complexity index is 1270. The average Bonchev–Trinajstić information content (AvgIpc) is 2.73. The first-order valence-electron chi connectivity index (χ1n) is 9.12. The van der Waals surface area contributed by atoms with Crippen molar-refractivity contribution in [3.63, 3.8) is 0 Å². The van der Waals surface area contributed by atoms with Crippen LogP contribution in [-0.2, 0) is 0 Å². The standard InChI is InChI=1S/C25H18N2/c1-17-26-23-16-15-19-11-5-6-13-21(19)24(23)25(27-17)22-14-8-7-12-20(22)18-9-3-2-4-10-18/h2-16H,1H3. The Balaban J connectivity index is 1.91. The third-order valence-corrected chi connectivity index (χ3v) is 4.97. The van der Waals surface area contributed by atoms with Crippen LogP contribution in [0.1, 0.15) is 5.82 Å². The SMILES string of the molecule is Cc1nc(-c2ccccc2-c2ccccc2)c2c(ccc3ccccc32)n1. The molecule has 0 aliphatic rings. The summed E-state index contributed by atoms with van der Waals surface area (Å²) in [7, 11) is 0. The van der Waals surface area contributed by atoms with Gasteiger partial charge in [0.1, 0.15) is 5.82 Å². The molecule has 1 aromatic heterocycles. The molecule has 2 nitrogen and oxygen atoms in total. The zero-order valence-electron chi connectivity index (χ0n) is 15.1. The highest BCUT2D eigenvalue weighted by molar-refractivity contribution is 6.13. The second-order valence-corrected chi connectivity index (χ2v) is 6.71. The maximum atomic E-state index is 4.90. The van der Waals surface area contributed by atoms with Crippen LogP contribution in [0, 0.1) is 6.92 Å².